The average Bonchev–Trinajstić information content (AvgIpc) is 3.06. The fraction of sp³-hybridized carbons (Fsp3) is 0.412. The number of hydrogen-bond donors (Lipinski definition) is 0. The number of sulfone groups is 1. The summed E-state index contributed by atoms with van der Waals surface area (Å²) < 4.78 is 32.2. The van der Waals surface area contributed by atoms with Crippen molar-refractivity contribution in [3.8, 4) is 5.69 Å². The molecular weight excluding hydrogens is 364 g/mol. The van der Waals surface area contributed by atoms with Crippen LogP contribution in [0.5, 0.6) is 0 Å². The van der Waals surface area contributed by atoms with Gasteiger partial charge in [-0.1, -0.05) is 11.6 Å². The normalized spacial score (nSPS) is 20.8. The molecule has 2 atom stereocenters. The molecule has 0 aliphatic heterocycles. The lowest BCUT2D eigenvalue weighted by Gasteiger charge is -2.14. The quantitative estimate of drug-likeness (QED) is 0.811. The van der Waals surface area contributed by atoms with E-state index in [9.17, 15) is 13.2 Å². The predicted octanol–water partition coefficient (Wildman–Crippen LogP) is 2.54. The molecule has 1 aliphatic rings. The maximum atomic E-state index is 12.9. The number of hydrogen-bond acceptors (Lipinski definition) is 5. The van der Waals surface area contributed by atoms with Gasteiger partial charge in [0.05, 0.1) is 32.7 Å². The monoisotopic (exact) mass is 382 g/mol. The number of halogens is 1. The van der Waals surface area contributed by atoms with Gasteiger partial charge in [0.15, 0.2) is 9.84 Å². The molecular formula is C17H19ClN2O4S. The van der Waals surface area contributed by atoms with Gasteiger partial charge in [-0.3, -0.25) is 4.79 Å². The van der Waals surface area contributed by atoms with E-state index < -0.39 is 15.1 Å². The molecule has 1 fully saturated rings. The molecule has 2 aromatic rings. The third kappa shape index (κ3) is 3.49. The molecule has 1 aromatic carbocycles. The Bertz CT molecular complexity index is 955. The van der Waals surface area contributed by atoms with Crippen LogP contribution in [-0.2, 0) is 14.6 Å². The number of nitrogens with zero attached hydrogens (tertiary/aromatic N) is 2. The van der Waals surface area contributed by atoms with Crippen molar-refractivity contribution in [1.82, 2.24) is 9.78 Å². The summed E-state index contributed by atoms with van der Waals surface area (Å²) in [5.41, 5.74) is 0.791. The molecule has 1 aromatic heterocycles. The molecule has 1 heterocycles. The van der Waals surface area contributed by atoms with E-state index in [1.54, 1.807) is 26.2 Å². The molecule has 1 aliphatic carbocycles. The Balaban J connectivity index is 1.97. The smallest absolute Gasteiger partial charge is 0.271 e. The van der Waals surface area contributed by atoms with Crippen molar-refractivity contribution >= 4 is 21.4 Å². The van der Waals surface area contributed by atoms with E-state index in [0.29, 0.717) is 24.2 Å². The largest absolute Gasteiger partial charge is 0.381 e. The van der Waals surface area contributed by atoms with Crippen LogP contribution in [0.1, 0.15) is 25.0 Å². The van der Waals surface area contributed by atoms with Gasteiger partial charge < -0.3 is 4.74 Å². The highest BCUT2D eigenvalue weighted by Gasteiger charge is 2.36. The number of rotatable bonds is 4. The minimum Gasteiger partial charge on any atom is -0.381 e. The molecule has 0 bridgehead atoms. The van der Waals surface area contributed by atoms with Crippen molar-refractivity contribution in [3.05, 3.63) is 51.4 Å². The van der Waals surface area contributed by atoms with Crippen molar-refractivity contribution in [1.29, 1.82) is 0 Å². The summed E-state index contributed by atoms with van der Waals surface area (Å²) in [6.45, 7) is 1.77. The average molecular weight is 383 g/mol. The van der Waals surface area contributed by atoms with Crippen molar-refractivity contribution in [2.75, 3.05) is 7.11 Å². The predicted molar refractivity (Wildman–Crippen MR) is 95.2 cm³/mol. The van der Waals surface area contributed by atoms with Crippen LogP contribution in [0, 0.1) is 6.92 Å². The summed E-state index contributed by atoms with van der Waals surface area (Å²) in [7, 11) is -1.96. The lowest BCUT2D eigenvalue weighted by atomic mass is 10.3. The number of methoxy groups -OCH3 is 1. The molecule has 6 nitrogen and oxygen atoms in total. The minimum atomic E-state index is -3.55. The first-order valence-electron chi connectivity index (χ1n) is 7.96. The number of aryl methyl sites for hydroxylation is 1. The van der Waals surface area contributed by atoms with Crippen molar-refractivity contribution in [2.24, 2.45) is 0 Å². The van der Waals surface area contributed by atoms with Crippen LogP contribution in [0.4, 0.5) is 0 Å². The van der Waals surface area contributed by atoms with Crippen LogP contribution in [0.15, 0.2) is 40.0 Å². The van der Waals surface area contributed by atoms with E-state index in [-0.39, 0.29) is 21.6 Å². The molecule has 1 saturated carbocycles. The Morgan fingerprint density at radius 1 is 1.24 bits per heavy atom. The van der Waals surface area contributed by atoms with E-state index in [1.807, 2.05) is 0 Å². The third-order valence-electron chi connectivity index (χ3n) is 4.51. The standard InChI is InChI=1S/C17H19ClN2O4S/c1-11-3-8-17(21)20(19-11)12-4-7-16(15(18)9-12)25(22,23)14-6-5-13(10-14)24-2/h3-4,7-9,13-14H,5-6,10H2,1-2H3/t13-,14-/m0/s1. The maximum Gasteiger partial charge on any atom is 0.271 e. The van der Waals surface area contributed by atoms with Crippen LogP contribution in [0.2, 0.25) is 5.02 Å². The second-order valence-electron chi connectivity index (χ2n) is 6.18. The summed E-state index contributed by atoms with van der Waals surface area (Å²) in [4.78, 5) is 12.1. The first kappa shape index (κ1) is 18.1. The lowest BCUT2D eigenvalue weighted by Crippen LogP contribution is -2.22. The van der Waals surface area contributed by atoms with Crippen LogP contribution in [0.25, 0.3) is 5.69 Å². The molecule has 0 saturated heterocycles. The maximum absolute atomic E-state index is 12.9. The highest BCUT2D eigenvalue weighted by atomic mass is 35.5. The SMILES string of the molecule is CO[C@H]1CC[C@H](S(=O)(=O)c2ccc(-n3nc(C)ccc3=O)cc2Cl)C1. The Morgan fingerprint density at radius 3 is 2.64 bits per heavy atom. The third-order valence-corrected chi connectivity index (χ3v) is 7.21. The second kappa shape index (κ2) is 6.90. The molecule has 0 amide bonds. The molecule has 25 heavy (non-hydrogen) atoms. The van der Waals surface area contributed by atoms with Crippen LogP contribution < -0.4 is 5.56 Å². The fourth-order valence-corrected chi connectivity index (χ4v) is 5.48. The lowest BCUT2D eigenvalue weighted by molar-refractivity contribution is 0.109. The van der Waals surface area contributed by atoms with Gasteiger partial charge in [-0.25, -0.2) is 8.42 Å². The summed E-state index contributed by atoms with van der Waals surface area (Å²) in [6.07, 6.45) is 1.71. The van der Waals surface area contributed by atoms with Crippen LogP contribution in [0.3, 0.4) is 0 Å². The Hall–Kier alpha value is -1.70. The van der Waals surface area contributed by atoms with Gasteiger partial charge in [0, 0.05) is 13.2 Å². The second-order valence-corrected chi connectivity index (χ2v) is 8.78. The van der Waals surface area contributed by atoms with Gasteiger partial charge in [0.2, 0.25) is 0 Å². The van der Waals surface area contributed by atoms with Gasteiger partial charge in [0.25, 0.3) is 5.56 Å². The van der Waals surface area contributed by atoms with Gasteiger partial charge in [0.1, 0.15) is 0 Å². The first-order chi connectivity index (χ1) is 11.8. The number of aromatic nitrogens is 2. The first-order valence-corrected chi connectivity index (χ1v) is 9.89. The van der Waals surface area contributed by atoms with E-state index in [1.165, 1.54) is 22.9 Å². The van der Waals surface area contributed by atoms with E-state index in [4.69, 9.17) is 16.3 Å². The van der Waals surface area contributed by atoms with E-state index in [0.717, 1.165) is 6.42 Å². The Kier molecular flexibility index (Phi) is 4.99. The zero-order chi connectivity index (χ0) is 18.2. The molecule has 0 spiro atoms. The van der Waals surface area contributed by atoms with Crippen molar-refractivity contribution in [3.63, 3.8) is 0 Å². The van der Waals surface area contributed by atoms with Crippen molar-refractivity contribution < 1.29 is 13.2 Å². The summed E-state index contributed by atoms with van der Waals surface area (Å²) in [5, 5.41) is 3.75. The van der Waals surface area contributed by atoms with Crippen LogP contribution in [-0.4, -0.2) is 36.7 Å². The topological polar surface area (TPSA) is 78.3 Å². The fourth-order valence-electron chi connectivity index (χ4n) is 3.12. The van der Waals surface area contributed by atoms with Gasteiger partial charge >= 0.3 is 0 Å². The molecule has 0 N–H and O–H groups in total. The minimum absolute atomic E-state index is 0.0344. The highest BCUT2D eigenvalue weighted by molar-refractivity contribution is 7.92. The zero-order valence-corrected chi connectivity index (χ0v) is 15.5. The highest BCUT2D eigenvalue weighted by Crippen LogP contribution is 2.34. The van der Waals surface area contributed by atoms with Crippen molar-refractivity contribution in [2.45, 2.75) is 42.4 Å². The van der Waals surface area contributed by atoms with Gasteiger partial charge in [-0.15, -0.1) is 0 Å². The van der Waals surface area contributed by atoms with Gasteiger partial charge in [-0.2, -0.15) is 9.78 Å². The molecule has 0 radical (unpaired) electrons. The number of ether oxygens (including phenoxy) is 1. The zero-order valence-electron chi connectivity index (χ0n) is 14.0. The molecule has 3 rings (SSSR count). The Labute approximate surface area is 151 Å². The summed E-state index contributed by atoms with van der Waals surface area (Å²) >= 11 is 6.25. The molecule has 8 heteroatoms. The number of benzene rings is 1. The summed E-state index contributed by atoms with van der Waals surface area (Å²) in [6, 6.07) is 7.49. The van der Waals surface area contributed by atoms with Gasteiger partial charge in [-0.05, 0) is 50.5 Å². The molecule has 134 valence electrons. The van der Waals surface area contributed by atoms with Crippen LogP contribution >= 0.6 is 11.6 Å². The van der Waals surface area contributed by atoms with E-state index >= 15 is 0 Å². The Morgan fingerprint density at radius 2 is 2.00 bits per heavy atom. The van der Waals surface area contributed by atoms with E-state index in [2.05, 4.69) is 5.10 Å². The summed E-state index contributed by atoms with van der Waals surface area (Å²) in [5.74, 6) is 0. The molecule has 0 unspecified atom stereocenters.